The highest BCUT2D eigenvalue weighted by atomic mass is 16.7. The molecule has 3 heterocycles. The highest BCUT2D eigenvalue weighted by molar-refractivity contribution is 5.72. The predicted octanol–water partition coefficient (Wildman–Crippen LogP) is 1.77. The predicted molar refractivity (Wildman–Crippen MR) is 88.1 cm³/mol. The van der Waals surface area contributed by atoms with Crippen LogP contribution in [-0.2, 0) is 33.2 Å². The Labute approximate surface area is 153 Å². The Balaban J connectivity index is 1.01. The van der Waals surface area contributed by atoms with Crippen LogP contribution < -0.4 is 0 Å². The van der Waals surface area contributed by atoms with Crippen LogP contribution in [0.15, 0.2) is 0 Å². The van der Waals surface area contributed by atoms with Gasteiger partial charge < -0.3 is 28.4 Å². The third-order valence-corrected chi connectivity index (χ3v) is 6.34. The average molecular weight is 368 g/mol. The van der Waals surface area contributed by atoms with Gasteiger partial charge in [0.25, 0.3) is 0 Å². The largest absolute Gasteiger partial charge is 0.436 e. The lowest BCUT2D eigenvalue weighted by Gasteiger charge is -2.24. The summed E-state index contributed by atoms with van der Waals surface area (Å²) in [5, 5.41) is 0. The number of esters is 1. The standard InChI is InChI=1S/C19H28O7/c1-10(23-18(20)11-2-4-14-16(6-11)25-14)21-8-13-9-22-19(24-13)12-3-5-15-17(7-12)26-15/h10-17,19H,2-9H2,1H3. The summed E-state index contributed by atoms with van der Waals surface area (Å²) in [6.45, 7) is 2.66. The Kier molecular flexibility index (Phi) is 4.69. The van der Waals surface area contributed by atoms with E-state index in [4.69, 9.17) is 28.4 Å². The quantitative estimate of drug-likeness (QED) is 0.402. The van der Waals surface area contributed by atoms with Crippen molar-refractivity contribution in [1.29, 1.82) is 0 Å². The zero-order chi connectivity index (χ0) is 17.7. The van der Waals surface area contributed by atoms with Crippen molar-refractivity contribution in [1.82, 2.24) is 0 Å². The minimum Gasteiger partial charge on any atom is -0.436 e. The maximum atomic E-state index is 12.2. The molecule has 7 nitrogen and oxygen atoms in total. The van der Waals surface area contributed by atoms with Crippen molar-refractivity contribution in [3.05, 3.63) is 0 Å². The highest BCUT2D eigenvalue weighted by Gasteiger charge is 2.48. The molecule has 9 unspecified atom stereocenters. The van der Waals surface area contributed by atoms with Gasteiger partial charge in [0.1, 0.15) is 6.10 Å². The van der Waals surface area contributed by atoms with Gasteiger partial charge in [0, 0.05) is 5.92 Å². The summed E-state index contributed by atoms with van der Waals surface area (Å²) in [4.78, 5) is 12.2. The van der Waals surface area contributed by atoms with Crippen molar-refractivity contribution in [3.8, 4) is 0 Å². The molecule has 5 rings (SSSR count). The summed E-state index contributed by atoms with van der Waals surface area (Å²) in [5.41, 5.74) is 0. The number of hydrogen-bond donors (Lipinski definition) is 0. The molecule has 0 aromatic carbocycles. The van der Waals surface area contributed by atoms with Crippen LogP contribution >= 0.6 is 0 Å². The number of carbonyl (C=O) groups is 1. The number of ether oxygens (including phenoxy) is 6. The lowest BCUT2D eigenvalue weighted by atomic mass is 9.89. The van der Waals surface area contributed by atoms with Gasteiger partial charge in [-0.25, -0.2) is 0 Å². The Hall–Kier alpha value is -0.730. The fourth-order valence-corrected chi connectivity index (χ4v) is 4.64. The Morgan fingerprint density at radius 2 is 1.77 bits per heavy atom. The van der Waals surface area contributed by atoms with Gasteiger partial charge in [-0.3, -0.25) is 4.79 Å². The molecule has 5 fully saturated rings. The molecular weight excluding hydrogens is 340 g/mol. The van der Waals surface area contributed by atoms with E-state index in [0.717, 1.165) is 38.5 Å². The fraction of sp³-hybridized carbons (Fsp3) is 0.947. The molecule has 5 aliphatic rings. The van der Waals surface area contributed by atoms with Gasteiger partial charge in [0.05, 0.1) is 43.5 Å². The van der Waals surface area contributed by atoms with Crippen LogP contribution in [0.2, 0.25) is 0 Å². The summed E-state index contributed by atoms with van der Waals surface area (Å²) < 4.78 is 34.0. The van der Waals surface area contributed by atoms with Crippen LogP contribution in [0.4, 0.5) is 0 Å². The van der Waals surface area contributed by atoms with Gasteiger partial charge in [-0.05, 0) is 45.4 Å². The molecule has 0 radical (unpaired) electrons. The molecule has 2 saturated carbocycles. The fourth-order valence-electron chi connectivity index (χ4n) is 4.64. The Bertz CT molecular complexity index is 540. The van der Waals surface area contributed by atoms with Gasteiger partial charge in [0.15, 0.2) is 12.6 Å². The van der Waals surface area contributed by atoms with Crippen molar-refractivity contribution >= 4 is 5.97 Å². The van der Waals surface area contributed by atoms with Gasteiger partial charge in [0.2, 0.25) is 0 Å². The van der Waals surface area contributed by atoms with E-state index in [1.54, 1.807) is 6.92 Å². The number of rotatable bonds is 6. The van der Waals surface area contributed by atoms with Gasteiger partial charge in [-0.2, -0.15) is 0 Å². The van der Waals surface area contributed by atoms with E-state index in [9.17, 15) is 4.79 Å². The molecule has 146 valence electrons. The molecule has 0 N–H and O–H groups in total. The average Bonchev–Trinajstić information content (AvgIpc) is 3.54. The molecule has 26 heavy (non-hydrogen) atoms. The number of epoxide rings is 2. The minimum absolute atomic E-state index is 0.0555. The number of hydrogen-bond acceptors (Lipinski definition) is 7. The van der Waals surface area contributed by atoms with Gasteiger partial charge >= 0.3 is 5.97 Å². The van der Waals surface area contributed by atoms with Gasteiger partial charge in [-0.1, -0.05) is 0 Å². The van der Waals surface area contributed by atoms with Crippen LogP contribution in [0.3, 0.4) is 0 Å². The third kappa shape index (κ3) is 3.78. The molecule has 0 bridgehead atoms. The molecule has 3 aliphatic heterocycles. The van der Waals surface area contributed by atoms with Crippen LogP contribution in [0.5, 0.6) is 0 Å². The summed E-state index contributed by atoms with van der Waals surface area (Å²) in [5.74, 6) is 0.188. The van der Waals surface area contributed by atoms with Crippen LogP contribution in [0.1, 0.15) is 45.4 Å². The molecular formula is C19H28O7. The van der Waals surface area contributed by atoms with E-state index in [-0.39, 0.29) is 30.4 Å². The van der Waals surface area contributed by atoms with Crippen molar-refractivity contribution in [3.63, 3.8) is 0 Å². The molecule has 0 amide bonds. The number of fused-ring (bicyclic) bond motifs is 2. The van der Waals surface area contributed by atoms with Crippen molar-refractivity contribution in [2.45, 2.75) is 88.5 Å². The first-order chi connectivity index (χ1) is 12.7. The topological polar surface area (TPSA) is 79.1 Å². The molecule has 2 aliphatic carbocycles. The van der Waals surface area contributed by atoms with Crippen molar-refractivity contribution < 1.29 is 33.2 Å². The molecule has 0 aromatic rings. The van der Waals surface area contributed by atoms with Crippen molar-refractivity contribution in [2.75, 3.05) is 13.2 Å². The maximum absolute atomic E-state index is 12.2. The second-order valence-electron chi connectivity index (χ2n) is 8.31. The molecule has 9 atom stereocenters. The normalized spacial score (nSPS) is 47.6. The lowest BCUT2D eigenvalue weighted by Crippen LogP contribution is -2.31. The van der Waals surface area contributed by atoms with E-state index in [0.29, 0.717) is 37.4 Å². The first-order valence-electron chi connectivity index (χ1n) is 10.1. The molecule has 3 saturated heterocycles. The summed E-state index contributed by atoms with van der Waals surface area (Å²) in [7, 11) is 0. The Morgan fingerprint density at radius 1 is 1.00 bits per heavy atom. The maximum Gasteiger partial charge on any atom is 0.311 e. The van der Waals surface area contributed by atoms with Crippen molar-refractivity contribution in [2.24, 2.45) is 11.8 Å². The monoisotopic (exact) mass is 368 g/mol. The summed E-state index contributed by atoms with van der Waals surface area (Å²) in [6, 6.07) is 0. The zero-order valence-electron chi connectivity index (χ0n) is 15.2. The van der Waals surface area contributed by atoms with Crippen LogP contribution in [-0.4, -0.2) is 62.3 Å². The first-order valence-corrected chi connectivity index (χ1v) is 10.1. The van der Waals surface area contributed by atoms with E-state index in [2.05, 4.69) is 0 Å². The van der Waals surface area contributed by atoms with E-state index in [1.807, 2.05) is 0 Å². The second kappa shape index (κ2) is 7.02. The highest BCUT2D eigenvalue weighted by Crippen LogP contribution is 2.42. The van der Waals surface area contributed by atoms with Gasteiger partial charge in [-0.15, -0.1) is 0 Å². The first kappa shape index (κ1) is 17.4. The molecule has 0 aromatic heterocycles. The van der Waals surface area contributed by atoms with Crippen LogP contribution in [0.25, 0.3) is 0 Å². The smallest absolute Gasteiger partial charge is 0.311 e. The van der Waals surface area contributed by atoms with Crippen LogP contribution in [0, 0.1) is 11.8 Å². The molecule has 0 spiro atoms. The summed E-state index contributed by atoms with van der Waals surface area (Å²) in [6.07, 6.45) is 6.58. The lowest BCUT2D eigenvalue weighted by molar-refractivity contribution is -0.187. The van der Waals surface area contributed by atoms with E-state index < -0.39 is 6.29 Å². The Morgan fingerprint density at radius 3 is 2.54 bits per heavy atom. The zero-order valence-corrected chi connectivity index (χ0v) is 15.2. The summed E-state index contributed by atoms with van der Waals surface area (Å²) >= 11 is 0. The minimum atomic E-state index is -0.571. The van der Waals surface area contributed by atoms with E-state index in [1.165, 1.54) is 0 Å². The second-order valence-corrected chi connectivity index (χ2v) is 8.31. The van der Waals surface area contributed by atoms with E-state index >= 15 is 0 Å². The molecule has 7 heteroatoms. The SMILES string of the molecule is CC(OCC1COC(C2CCC3OC3C2)O1)OC(=O)C1CCC2OC2C1. The number of carbonyl (C=O) groups excluding carboxylic acids is 1. The third-order valence-electron chi connectivity index (χ3n) is 6.34.